The summed E-state index contributed by atoms with van der Waals surface area (Å²) in [6, 6.07) is 0. The van der Waals surface area contributed by atoms with E-state index in [-0.39, 0.29) is 59.5 Å². The Labute approximate surface area is 278 Å². The Kier molecular flexibility index (Phi) is 21.2. The molecule has 0 amide bonds. The molecular weight excluding hydrogens is 616 g/mol. The van der Waals surface area contributed by atoms with E-state index in [0.717, 1.165) is 0 Å². The molecule has 266 valence electrons. The number of unbranched alkanes of at least 4 members (excludes halogenated alkanes) is 1. The van der Waals surface area contributed by atoms with Crippen molar-refractivity contribution < 1.29 is 61.8 Å². The molecule has 0 aromatic heterocycles. The lowest BCUT2D eigenvalue weighted by Crippen LogP contribution is -2.57. The Morgan fingerprint density at radius 2 is 0.830 bits per heavy atom. The molecule has 1 heterocycles. The standard InChI is InChI=1S/C34H52O13/c1-23(2)30(35)42-15-10-9-14-41-29-28(40-17-12-19-44-32(37)25(5)6)27(39-16-11-18-43-31(36)24(3)4)22-47-34(29)46-21-13-20-45-33(38)26(7)8/h27-29,34H,1,3,5,7,9-22H2,2,4,6,8H3. The van der Waals surface area contributed by atoms with Gasteiger partial charge < -0.3 is 42.6 Å². The summed E-state index contributed by atoms with van der Waals surface area (Å²) in [6.07, 6.45) is -0.436. The number of carbonyl (C=O) groups is 4. The van der Waals surface area contributed by atoms with Crippen LogP contribution in [-0.4, -0.2) is 108 Å². The van der Waals surface area contributed by atoms with E-state index in [9.17, 15) is 19.2 Å². The van der Waals surface area contributed by atoms with Crippen LogP contribution in [0.15, 0.2) is 48.6 Å². The van der Waals surface area contributed by atoms with Gasteiger partial charge in [-0.2, -0.15) is 0 Å². The van der Waals surface area contributed by atoms with E-state index in [2.05, 4.69) is 26.3 Å². The predicted octanol–water partition coefficient (Wildman–Crippen LogP) is 3.94. The number of esters is 4. The zero-order valence-corrected chi connectivity index (χ0v) is 28.3. The van der Waals surface area contributed by atoms with Gasteiger partial charge in [-0.15, -0.1) is 0 Å². The van der Waals surface area contributed by atoms with Gasteiger partial charge in [0.1, 0.15) is 18.3 Å². The second kappa shape index (κ2) is 23.9. The summed E-state index contributed by atoms with van der Waals surface area (Å²) in [5.41, 5.74) is 1.24. The molecule has 4 unspecified atom stereocenters. The average molecular weight is 669 g/mol. The van der Waals surface area contributed by atoms with E-state index in [0.29, 0.717) is 54.4 Å². The first-order chi connectivity index (χ1) is 22.3. The van der Waals surface area contributed by atoms with Crippen LogP contribution < -0.4 is 0 Å². The Bertz CT molecular complexity index is 1070. The van der Waals surface area contributed by atoms with Crippen molar-refractivity contribution in [2.75, 3.05) is 59.5 Å². The molecule has 1 aliphatic heterocycles. The molecule has 13 nitrogen and oxygen atoms in total. The van der Waals surface area contributed by atoms with Crippen molar-refractivity contribution in [1.82, 2.24) is 0 Å². The molecule has 4 atom stereocenters. The average Bonchev–Trinajstić information content (AvgIpc) is 3.02. The molecule has 0 bridgehead atoms. The van der Waals surface area contributed by atoms with E-state index in [1.807, 2.05) is 0 Å². The molecule has 1 saturated heterocycles. The normalized spacial score (nSPS) is 18.9. The zero-order valence-electron chi connectivity index (χ0n) is 28.3. The summed E-state index contributed by atoms with van der Waals surface area (Å²) in [4.78, 5) is 46.8. The van der Waals surface area contributed by atoms with Gasteiger partial charge in [0.2, 0.25) is 0 Å². The highest BCUT2D eigenvalue weighted by Gasteiger charge is 2.43. The number of hydrogen-bond donors (Lipinski definition) is 0. The van der Waals surface area contributed by atoms with Crippen LogP contribution >= 0.6 is 0 Å². The maximum Gasteiger partial charge on any atom is 0.333 e. The predicted molar refractivity (Wildman–Crippen MR) is 171 cm³/mol. The van der Waals surface area contributed by atoms with Crippen LogP contribution in [0.1, 0.15) is 59.8 Å². The van der Waals surface area contributed by atoms with Crippen LogP contribution in [0.25, 0.3) is 0 Å². The molecule has 0 radical (unpaired) electrons. The second-order valence-corrected chi connectivity index (χ2v) is 11.1. The highest BCUT2D eigenvalue weighted by molar-refractivity contribution is 5.88. The van der Waals surface area contributed by atoms with E-state index in [1.165, 1.54) is 0 Å². The molecule has 1 aliphatic rings. The lowest BCUT2D eigenvalue weighted by molar-refractivity contribution is -0.295. The molecule has 0 spiro atoms. The Morgan fingerprint density at radius 3 is 1.28 bits per heavy atom. The van der Waals surface area contributed by atoms with Crippen molar-refractivity contribution >= 4 is 23.9 Å². The number of ether oxygens (including phenoxy) is 9. The molecule has 0 aliphatic carbocycles. The SMILES string of the molecule is C=C(C)C(=O)OCCCCOC1C(OCCCOC(=O)C(=C)C)OCC(OCCCOC(=O)C(=C)C)C1OCCCOC(=O)C(=C)C. The zero-order chi connectivity index (χ0) is 35.2. The minimum absolute atomic E-state index is 0.118. The summed E-state index contributed by atoms with van der Waals surface area (Å²) in [5, 5.41) is 0. The summed E-state index contributed by atoms with van der Waals surface area (Å²) < 4.78 is 51.2. The van der Waals surface area contributed by atoms with Gasteiger partial charge in [-0.3, -0.25) is 0 Å². The Hall–Kier alpha value is -3.36. The molecule has 47 heavy (non-hydrogen) atoms. The monoisotopic (exact) mass is 668 g/mol. The smallest absolute Gasteiger partial charge is 0.333 e. The summed E-state index contributed by atoms with van der Waals surface area (Å²) in [6.45, 7) is 22.2. The molecule has 0 aromatic rings. The van der Waals surface area contributed by atoms with Gasteiger partial charge >= 0.3 is 23.9 Å². The second-order valence-electron chi connectivity index (χ2n) is 11.1. The van der Waals surface area contributed by atoms with Gasteiger partial charge in [-0.05, 0) is 40.5 Å². The first-order valence-corrected chi connectivity index (χ1v) is 15.7. The number of rotatable bonds is 25. The van der Waals surface area contributed by atoms with Gasteiger partial charge in [-0.25, -0.2) is 19.2 Å². The summed E-state index contributed by atoms with van der Waals surface area (Å²) in [7, 11) is 0. The largest absolute Gasteiger partial charge is 0.462 e. The fourth-order valence-corrected chi connectivity index (χ4v) is 3.81. The van der Waals surface area contributed by atoms with Crippen molar-refractivity contribution in [3.05, 3.63) is 48.6 Å². The minimum Gasteiger partial charge on any atom is -0.462 e. The number of hydrogen-bond acceptors (Lipinski definition) is 13. The molecule has 0 aromatic carbocycles. The molecule has 1 rings (SSSR count). The summed E-state index contributed by atoms with van der Waals surface area (Å²) in [5.74, 6) is -1.89. The third kappa shape index (κ3) is 17.9. The Morgan fingerprint density at radius 1 is 0.489 bits per heavy atom. The van der Waals surface area contributed by atoms with Crippen molar-refractivity contribution in [1.29, 1.82) is 0 Å². The van der Waals surface area contributed by atoms with E-state index < -0.39 is 48.5 Å². The topological polar surface area (TPSA) is 151 Å². The molecule has 0 N–H and O–H groups in total. The van der Waals surface area contributed by atoms with Crippen LogP contribution in [0, 0.1) is 0 Å². The van der Waals surface area contributed by atoms with Crippen LogP contribution in [0.5, 0.6) is 0 Å². The van der Waals surface area contributed by atoms with Crippen molar-refractivity contribution in [3.8, 4) is 0 Å². The third-order valence-corrected chi connectivity index (χ3v) is 6.35. The van der Waals surface area contributed by atoms with Crippen molar-refractivity contribution in [2.45, 2.75) is 84.4 Å². The van der Waals surface area contributed by atoms with Crippen molar-refractivity contribution in [3.63, 3.8) is 0 Å². The number of carbonyl (C=O) groups excluding carboxylic acids is 4. The highest BCUT2D eigenvalue weighted by atomic mass is 16.7. The molecule has 13 heteroatoms. The first kappa shape index (κ1) is 41.7. The van der Waals surface area contributed by atoms with Crippen LogP contribution in [-0.2, 0) is 61.8 Å². The lowest BCUT2D eigenvalue weighted by atomic mass is 10.0. The third-order valence-electron chi connectivity index (χ3n) is 6.35. The fourth-order valence-electron chi connectivity index (χ4n) is 3.81. The maximum atomic E-state index is 11.8. The quantitative estimate of drug-likeness (QED) is 0.0598. The van der Waals surface area contributed by atoms with Gasteiger partial charge in [-0.1, -0.05) is 26.3 Å². The minimum atomic E-state index is -0.837. The highest BCUT2D eigenvalue weighted by Crippen LogP contribution is 2.26. The molecule has 1 fully saturated rings. The molecular formula is C34H52O13. The van der Waals surface area contributed by atoms with Gasteiger partial charge in [0.15, 0.2) is 6.29 Å². The van der Waals surface area contributed by atoms with Gasteiger partial charge in [0.05, 0.1) is 52.9 Å². The molecule has 0 saturated carbocycles. The maximum absolute atomic E-state index is 11.8. The van der Waals surface area contributed by atoms with Crippen LogP contribution in [0.3, 0.4) is 0 Å². The first-order valence-electron chi connectivity index (χ1n) is 15.7. The summed E-state index contributed by atoms with van der Waals surface area (Å²) >= 11 is 0. The van der Waals surface area contributed by atoms with Crippen molar-refractivity contribution in [2.24, 2.45) is 0 Å². The van der Waals surface area contributed by atoms with Gasteiger partial charge in [0, 0.05) is 48.2 Å². The lowest BCUT2D eigenvalue weighted by Gasteiger charge is -2.42. The van der Waals surface area contributed by atoms with Gasteiger partial charge in [0.25, 0.3) is 0 Å². The van der Waals surface area contributed by atoms with E-state index in [4.69, 9.17) is 42.6 Å². The van der Waals surface area contributed by atoms with Crippen LogP contribution in [0.4, 0.5) is 0 Å². The van der Waals surface area contributed by atoms with E-state index in [1.54, 1.807) is 27.7 Å². The fraction of sp³-hybridized carbons (Fsp3) is 0.647. The van der Waals surface area contributed by atoms with Crippen LogP contribution in [0.2, 0.25) is 0 Å². The van der Waals surface area contributed by atoms with E-state index >= 15 is 0 Å². The Balaban J connectivity index is 2.91.